The molecule has 0 spiro atoms. The lowest BCUT2D eigenvalue weighted by atomic mass is 10.2. The third-order valence-corrected chi connectivity index (χ3v) is 5.28. The predicted molar refractivity (Wildman–Crippen MR) is 123 cm³/mol. The van der Waals surface area contributed by atoms with Gasteiger partial charge in [0.2, 0.25) is 0 Å². The first-order valence-electron chi connectivity index (χ1n) is 8.60. The fraction of sp³-hybridized carbons (Fsp3) is 0.526. The summed E-state index contributed by atoms with van der Waals surface area (Å²) in [5, 5.41) is 6.46. The SMILES string of the molecule is C=CCOc1ccccc1CN=C(NCC)NCCS(=O)C(C)(C)C.I. The standard InChI is InChI=1S/C19H31N3O2S.HI/c1-6-13-24-17-11-9-8-10-16(17)15-22-18(20-7-2)21-12-14-25(23)19(3,4)5;/h6,8-11H,1,7,12-15H2,2-5H3,(H2,20,21,22);1H. The molecule has 5 nitrogen and oxygen atoms in total. The first kappa shape index (κ1) is 24.9. The Kier molecular flexibility index (Phi) is 12.6. The smallest absolute Gasteiger partial charge is 0.191 e. The van der Waals surface area contributed by atoms with E-state index in [9.17, 15) is 4.21 Å². The minimum Gasteiger partial charge on any atom is -0.489 e. The van der Waals surface area contributed by atoms with Crippen molar-refractivity contribution in [2.24, 2.45) is 4.99 Å². The topological polar surface area (TPSA) is 62.7 Å². The van der Waals surface area contributed by atoms with E-state index in [0.717, 1.165) is 17.9 Å². The van der Waals surface area contributed by atoms with Gasteiger partial charge in [0.15, 0.2) is 5.96 Å². The maximum Gasteiger partial charge on any atom is 0.191 e. The molecule has 1 aromatic rings. The number of nitrogens with one attached hydrogen (secondary N) is 2. The third-order valence-electron chi connectivity index (χ3n) is 3.34. The van der Waals surface area contributed by atoms with Crippen LogP contribution in [-0.4, -0.2) is 40.4 Å². The Morgan fingerprint density at radius 1 is 1.31 bits per heavy atom. The molecule has 0 amide bonds. The zero-order valence-electron chi connectivity index (χ0n) is 16.2. The number of hydrogen-bond donors (Lipinski definition) is 2. The molecule has 0 fully saturated rings. The lowest BCUT2D eigenvalue weighted by Gasteiger charge is -2.18. The van der Waals surface area contributed by atoms with Gasteiger partial charge in [0.05, 0.1) is 6.54 Å². The Morgan fingerprint density at radius 2 is 2.00 bits per heavy atom. The molecule has 1 unspecified atom stereocenters. The van der Waals surface area contributed by atoms with Crippen molar-refractivity contribution >= 4 is 40.7 Å². The number of ether oxygens (including phenoxy) is 1. The van der Waals surface area contributed by atoms with Gasteiger partial charge in [-0.2, -0.15) is 0 Å². The predicted octanol–water partition coefficient (Wildman–Crippen LogP) is 3.47. The summed E-state index contributed by atoms with van der Waals surface area (Å²) in [6, 6.07) is 7.84. The number of aliphatic imine (C=N–C) groups is 1. The lowest BCUT2D eigenvalue weighted by Crippen LogP contribution is -2.40. The van der Waals surface area contributed by atoms with Gasteiger partial charge in [0.1, 0.15) is 12.4 Å². The van der Waals surface area contributed by atoms with E-state index in [2.05, 4.69) is 22.2 Å². The van der Waals surface area contributed by atoms with E-state index in [4.69, 9.17) is 4.74 Å². The van der Waals surface area contributed by atoms with Crippen molar-refractivity contribution in [3.05, 3.63) is 42.5 Å². The highest BCUT2D eigenvalue weighted by atomic mass is 127. The van der Waals surface area contributed by atoms with Gasteiger partial charge in [-0.1, -0.05) is 30.9 Å². The van der Waals surface area contributed by atoms with Gasteiger partial charge in [-0.05, 0) is 33.8 Å². The van der Waals surface area contributed by atoms with Crippen LogP contribution >= 0.6 is 24.0 Å². The molecule has 1 atom stereocenters. The van der Waals surface area contributed by atoms with Crippen LogP contribution in [0.2, 0.25) is 0 Å². The number of guanidine groups is 1. The van der Waals surface area contributed by atoms with Crippen LogP contribution in [0, 0.1) is 0 Å². The van der Waals surface area contributed by atoms with Crippen LogP contribution in [0.1, 0.15) is 33.3 Å². The van der Waals surface area contributed by atoms with E-state index in [0.29, 0.717) is 31.4 Å². The molecule has 0 aliphatic heterocycles. The molecule has 148 valence electrons. The van der Waals surface area contributed by atoms with Gasteiger partial charge < -0.3 is 15.4 Å². The number of halogens is 1. The molecule has 1 rings (SSSR count). The normalized spacial score (nSPS) is 12.7. The highest BCUT2D eigenvalue weighted by Gasteiger charge is 2.18. The molecule has 0 heterocycles. The molecular weight excluding hydrogens is 461 g/mol. The molecule has 0 aromatic heterocycles. The van der Waals surface area contributed by atoms with E-state index < -0.39 is 10.8 Å². The molecule has 0 aliphatic rings. The van der Waals surface area contributed by atoms with Crippen molar-refractivity contribution in [1.29, 1.82) is 0 Å². The number of benzene rings is 1. The Hall–Kier alpha value is -1.09. The van der Waals surface area contributed by atoms with E-state index >= 15 is 0 Å². The first-order chi connectivity index (χ1) is 11.9. The van der Waals surface area contributed by atoms with E-state index in [1.54, 1.807) is 6.08 Å². The van der Waals surface area contributed by atoms with Crippen molar-refractivity contribution in [1.82, 2.24) is 10.6 Å². The van der Waals surface area contributed by atoms with Crippen molar-refractivity contribution < 1.29 is 8.95 Å². The third kappa shape index (κ3) is 9.56. The summed E-state index contributed by atoms with van der Waals surface area (Å²) >= 11 is 0. The highest BCUT2D eigenvalue weighted by Crippen LogP contribution is 2.18. The van der Waals surface area contributed by atoms with Crippen LogP contribution in [0.4, 0.5) is 0 Å². The van der Waals surface area contributed by atoms with Gasteiger partial charge in [0, 0.05) is 40.0 Å². The van der Waals surface area contributed by atoms with E-state index in [1.807, 2.05) is 52.0 Å². The molecule has 26 heavy (non-hydrogen) atoms. The Bertz CT molecular complexity index is 601. The summed E-state index contributed by atoms with van der Waals surface area (Å²) in [6.07, 6.45) is 1.72. The summed E-state index contributed by atoms with van der Waals surface area (Å²) < 4.78 is 17.6. The van der Waals surface area contributed by atoms with Crippen LogP contribution in [-0.2, 0) is 17.3 Å². The van der Waals surface area contributed by atoms with Gasteiger partial charge in [0.25, 0.3) is 0 Å². The molecule has 0 saturated heterocycles. The second-order valence-corrected chi connectivity index (χ2v) is 8.82. The van der Waals surface area contributed by atoms with Gasteiger partial charge >= 0.3 is 0 Å². The molecule has 0 bridgehead atoms. The number of hydrogen-bond acceptors (Lipinski definition) is 3. The van der Waals surface area contributed by atoms with E-state index in [-0.39, 0.29) is 28.7 Å². The molecule has 2 N–H and O–H groups in total. The fourth-order valence-electron chi connectivity index (χ4n) is 2.00. The average molecular weight is 493 g/mol. The Balaban J connectivity index is 0.00000625. The van der Waals surface area contributed by atoms with Crippen LogP contribution in [0.25, 0.3) is 0 Å². The lowest BCUT2D eigenvalue weighted by molar-refractivity contribution is 0.359. The molecular formula is C19H32IN3O2S. The number of rotatable bonds is 9. The second kappa shape index (κ2) is 13.1. The second-order valence-electron chi connectivity index (χ2n) is 6.49. The van der Waals surface area contributed by atoms with Crippen LogP contribution in [0.3, 0.4) is 0 Å². The molecule has 1 aromatic carbocycles. The molecule has 7 heteroatoms. The van der Waals surface area contributed by atoms with Gasteiger partial charge in [-0.25, -0.2) is 4.99 Å². The Morgan fingerprint density at radius 3 is 2.62 bits per heavy atom. The van der Waals surface area contributed by atoms with Crippen LogP contribution in [0.15, 0.2) is 41.9 Å². The number of nitrogens with zero attached hydrogens (tertiary/aromatic N) is 1. The zero-order valence-corrected chi connectivity index (χ0v) is 19.4. The van der Waals surface area contributed by atoms with E-state index in [1.165, 1.54) is 0 Å². The van der Waals surface area contributed by atoms with Crippen LogP contribution < -0.4 is 15.4 Å². The minimum absolute atomic E-state index is 0. The monoisotopic (exact) mass is 493 g/mol. The van der Waals surface area contributed by atoms with Crippen LogP contribution in [0.5, 0.6) is 5.75 Å². The zero-order chi connectivity index (χ0) is 18.7. The quantitative estimate of drug-likeness (QED) is 0.239. The maximum absolute atomic E-state index is 12.1. The summed E-state index contributed by atoms with van der Waals surface area (Å²) in [7, 11) is -0.880. The summed E-state index contributed by atoms with van der Waals surface area (Å²) in [5.41, 5.74) is 1.01. The van der Waals surface area contributed by atoms with Crippen molar-refractivity contribution in [2.45, 2.75) is 39.0 Å². The highest BCUT2D eigenvalue weighted by molar-refractivity contribution is 14.0. The summed E-state index contributed by atoms with van der Waals surface area (Å²) in [5.74, 6) is 2.12. The Labute approximate surface area is 177 Å². The average Bonchev–Trinajstić information content (AvgIpc) is 2.57. The summed E-state index contributed by atoms with van der Waals surface area (Å²) in [4.78, 5) is 4.60. The van der Waals surface area contributed by atoms with Gasteiger partial charge in [-0.15, -0.1) is 24.0 Å². The fourth-order valence-corrected chi connectivity index (χ4v) is 2.90. The van der Waals surface area contributed by atoms with Crippen molar-refractivity contribution in [3.8, 4) is 5.75 Å². The van der Waals surface area contributed by atoms with Crippen molar-refractivity contribution in [3.63, 3.8) is 0 Å². The summed E-state index contributed by atoms with van der Waals surface area (Å²) in [6.45, 7) is 14.0. The minimum atomic E-state index is -0.880. The largest absolute Gasteiger partial charge is 0.489 e. The molecule has 0 aliphatic carbocycles. The number of para-hydroxylation sites is 1. The van der Waals surface area contributed by atoms with Crippen molar-refractivity contribution in [2.75, 3.05) is 25.4 Å². The first-order valence-corrected chi connectivity index (χ1v) is 9.92. The van der Waals surface area contributed by atoms with Gasteiger partial charge in [-0.3, -0.25) is 4.21 Å². The molecule has 0 radical (unpaired) electrons. The maximum atomic E-state index is 12.1. The molecule has 0 saturated carbocycles.